The van der Waals surface area contributed by atoms with Gasteiger partial charge in [-0.1, -0.05) is 18.2 Å². The average molecular weight is 378 g/mol. The molecule has 0 saturated carbocycles. The van der Waals surface area contributed by atoms with Crippen molar-refractivity contribution in [3.8, 4) is 17.2 Å². The van der Waals surface area contributed by atoms with Crippen molar-refractivity contribution < 1.29 is 13.9 Å². The molecule has 1 atom stereocenters. The number of nitrogens with zero attached hydrogens (tertiary/aromatic N) is 4. The minimum atomic E-state index is -0.544. The standard InChI is InChI=1S/C21H22N4O3/c1-16(28-19-9-7-17(8-10-19)20-23-22-15-27-20)21(26)25-13-11-24(12-14-25)18-5-3-2-4-6-18/h2-10,15-16H,11-14H2,1H3. The van der Waals surface area contributed by atoms with Crippen LogP contribution in [0.15, 0.2) is 65.4 Å². The zero-order valence-electron chi connectivity index (χ0n) is 15.7. The lowest BCUT2D eigenvalue weighted by Crippen LogP contribution is -2.52. The van der Waals surface area contributed by atoms with E-state index in [4.69, 9.17) is 9.15 Å². The summed E-state index contributed by atoms with van der Waals surface area (Å²) in [5.74, 6) is 1.09. The predicted molar refractivity (Wildman–Crippen MR) is 105 cm³/mol. The van der Waals surface area contributed by atoms with Crippen molar-refractivity contribution in [2.75, 3.05) is 31.1 Å². The lowest BCUT2D eigenvalue weighted by Gasteiger charge is -2.37. The van der Waals surface area contributed by atoms with E-state index in [1.54, 1.807) is 19.1 Å². The minimum absolute atomic E-state index is 0.00805. The molecule has 1 aliphatic rings. The van der Waals surface area contributed by atoms with E-state index in [0.29, 0.717) is 24.7 Å². The summed E-state index contributed by atoms with van der Waals surface area (Å²) in [7, 11) is 0. The van der Waals surface area contributed by atoms with Crippen LogP contribution in [-0.4, -0.2) is 53.3 Å². The van der Waals surface area contributed by atoms with E-state index >= 15 is 0 Å². The number of rotatable bonds is 5. The molecule has 144 valence electrons. The first kappa shape index (κ1) is 18.0. The van der Waals surface area contributed by atoms with Crippen LogP contribution >= 0.6 is 0 Å². The molecule has 7 heteroatoms. The van der Waals surface area contributed by atoms with Crippen LogP contribution in [0.2, 0.25) is 0 Å². The van der Waals surface area contributed by atoms with Gasteiger partial charge in [0.1, 0.15) is 5.75 Å². The Hall–Kier alpha value is -3.35. The first-order valence-corrected chi connectivity index (χ1v) is 9.33. The van der Waals surface area contributed by atoms with E-state index in [1.807, 2.05) is 35.2 Å². The Morgan fingerprint density at radius 2 is 1.75 bits per heavy atom. The molecule has 0 N–H and O–H groups in total. The number of amides is 1. The molecule has 1 amide bonds. The molecular formula is C21H22N4O3. The molecule has 4 rings (SSSR count). The lowest BCUT2D eigenvalue weighted by molar-refractivity contribution is -0.138. The summed E-state index contributed by atoms with van der Waals surface area (Å²) in [5.41, 5.74) is 2.00. The van der Waals surface area contributed by atoms with E-state index < -0.39 is 6.10 Å². The molecule has 0 spiro atoms. The minimum Gasteiger partial charge on any atom is -0.481 e. The number of benzene rings is 2. The zero-order valence-corrected chi connectivity index (χ0v) is 15.7. The normalized spacial score (nSPS) is 15.3. The highest BCUT2D eigenvalue weighted by Gasteiger charge is 2.26. The Morgan fingerprint density at radius 3 is 2.39 bits per heavy atom. The Morgan fingerprint density at radius 1 is 1.04 bits per heavy atom. The van der Waals surface area contributed by atoms with Crippen LogP contribution in [0.3, 0.4) is 0 Å². The van der Waals surface area contributed by atoms with E-state index in [1.165, 1.54) is 12.1 Å². The molecule has 28 heavy (non-hydrogen) atoms. The number of hydrogen-bond acceptors (Lipinski definition) is 6. The average Bonchev–Trinajstić information content (AvgIpc) is 3.29. The van der Waals surface area contributed by atoms with Crippen LogP contribution in [0.1, 0.15) is 6.92 Å². The SMILES string of the molecule is CC(Oc1ccc(-c2nnco2)cc1)C(=O)N1CCN(c2ccccc2)CC1. The monoisotopic (exact) mass is 378 g/mol. The van der Waals surface area contributed by atoms with Crippen LogP contribution < -0.4 is 9.64 Å². The third-order valence-electron chi connectivity index (χ3n) is 4.83. The maximum Gasteiger partial charge on any atom is 0.263 e. The van der Waals surface area contributed by atoms with Crippen molar-refractivity contribution in [2.24, 2.45) is 0 Å². The van der Waals surface area contributed by atoms with E-state index in [2.05, 4.69) is 27.2 Å². The number of hydrogen-bond donors (Lipinski definition) is 0. The maximum atomic E-state index is 12.7. The van der Waals surface area contributed by atoms with Crippen molar-refractivity contribution >= 4 is 11.6 Å². The Bertz CT molecular complexity index is 889. The summed E-state index contributed by atoms with van der Waals surface area (Å²) in [6.07, 6.45) is 0.746. The summed E-state index contributed by atoms with van der Waals surface area (Å²) in [6.45, 7) is 4.82. The highest BCUT2D eigenvalue weighted by molar-refractivity contribution is 5.81. The summed E-state index contributed by atoms with van der Waals surface area (Å²) in [4.78, 5) is 16.9. The van der Waals surface area contributed by atoms with Gasteiger partial charge in [0.15, 0.2) is 6.10 Å². The highest BCUT2D eigenvalue weighted by Crippen LogP contribution is 2.22. The number of anilines is 1. The number of carbonyl (C=O) groups excluding carboxylic acids is 1. The number of ether oxygens (including phenoxy) is 1. The van der Waals surface area contributed by atoms with Crippen LogP contribution in [0, 0.1) is 0 Å². The second kappa shape index (κ2) is 8.12. The second-order valence-corrected chi connectivity index (χ2v) is 6.68. The second-order valence-electron chi connectivity index (χ2n) is 6.68. The number of piperazine rings is 1. The van der Waals surface area contributed by atoms with Gasteiger partial charge in [-0.15, -0.1) is 10.2 Å². The van der Waals surface area contributed by atoms with E-state index in [-0.39, 0.29) is 5.91 Å². The number of para-hydroxylation sites is 1. The molecule has 1 aromatic heterocycles. The fourth-order valence-corrected chi connectivity index (χ4v) is 3.31. The predicted octanol–water partition coefficient (Wildman–Crippen LogP) is 2.85. The van der Waals surface area contributed by atoms with E-state index in [9.17, 15) is 4.79 Å². The molecule has 2 aromatic carbocycles. The van der Waals surface area contributed by atoms with Crippen LogP contribution in [0.25, 0.3) is 11.5 Å². The topological polar surface area (TPSA) is 71.7 Å². The first-order chi connectivity index (χ1) is 13.7. The number of carbonyl (C=O) groups is 1. The van der Waals surface area contributed by atoms with Crippen molar-refractivity contribution in [3.63, 3.8) is 0 Å². The Balaban J connectivity index is 1.31. The van der Waals surface area contributed by atoms with Crippen LogP contribution in [0.5, 0.6) is 5.75 Å². The lowest BCUT2D eigenvalue weighted by atomic mass is 10.2. The molecule has 1 aliphatic heterocycles. The van der Waals surface area contributed by atoms with Crippen molar-refractivity contribution in [1.29, 1.82) is 0 Å². The Labute approximate surface area is 163 Å². The molecule has 3 aromatic rings. The fraction of sp³-hybridized carbons (Fsp3) is 0.286. The van der Waals surface area contributed by atoms with Gasteiger partial charge in [0.25, 0.3) is 5.91 Å². The van der Waals surface area contributed by atoms with Gasteiger partial charge >= 0.3 is 0 Å². The molecule has 7 nitrogen and oxygen atoms in total. The third kappa shape index (κ3) is 3.98. The number of aromatic nitrogens is 2. The summed E-state index contributed by atoms with van der Waals surface area (Å²) in [5, 5.41) is 7.54. The smallest absolute Gasteiger partial charge is 0.263 e. The summed E-state index contributed by atoms with van der Waals surface area (Å²) in [6, 6.07) is 17.5. The van der Waals surface area contributed by atoms with Gasteiger partial charge in [-0.05, 0) is 43.3 Å². The quantitative estimate of drug-likeness (QED) is 0.680. The van der Waals surface area contributed by atoms with E-state index in [0.717, 1.165) is 18.7 Å². The first-order valence-electron chi connectivity index (χ1n) is 9.33. The van der Waals surface area contributed by atoms with Gasteiger partial charge in [-0.3, -0.25) is 4.79 Å². The molecule has 0 bridgehead atoms. The molecule has 2 heterocycles. The highest BCUT2D eigenvalue weighted by atomic mass is 16.5. The van der Waals surface area contributed by atoms with Crippen molar-refractivity contribution in [3.05, 3.63) is 61.0 Å². The largest absolute Gasteiger partial charge is 0.481 e. The molecule has 1 saturated heterocycles. The van der Waals surface area contributed by atoms with Gasteiger partial charge in [0.2, 0.25) is 12.3 Å². The van der Waals surface area contributed by atoms with Gasteiger partial charge in [0.05, 0.1) is 0 Å². The maximum absolute atomic E-state index is 12.7. The van der Waals surface area contributed by atoms with Crippen molar-refractivity contribution in [1.82, 2.24) is 15.1 Å². The molecule has 1 unspecified atom stereocenters. The van der Waals surface area contributed by atoms with Crippen LogP contribution in [0.4, 0.5) is 5.69 Å². The fourth-order valence-electron chi connectivity index (χ4n) is 3.31. The molecule has 0 radical (unpaired) electrons. The molecular weight excluding hydrogens is 356 g/mol. The third-order valence-corrected chi connectivity index (χ3v) is 4.83. The molecule has 0 aliphatic carbocycles. The van der Waals surface area contributed by atoms with Gasteiger partial charge < -0.3 is 19.0 Å². The van der Waals surface area contributed by atoms with Gasteiger partial charge in [-0.2, -0.15) is 0 Å². The summed E-state index contributed by atoms with van der Waals surface area (Å²) >= 11 is 0. The van der Waals surface area contributed by atoms with Gasteiger partial charge in [-0.25, -0.2) is 0 Å². The Kier molecular flexibility index (Phi) is 5.23. The molecule has 1 fully saturated rings. The summed E-state index contributed by atoms with van der Waals surface area (Å²) < 4.78 is 11.0. The van der Waals surface area contributed by atoms with Crippen molar-refractivity contribution in [2.45, 2.75) is 13.0 Å². The van der Waals surface area contributed by atoms with Gasteiger partial charge in [0, 0.05) is 37.4 Å². The zero-order chi connectivity index (χ0) is 19.3. The van der Waals surface area contributed by atoms with Crippen LogP contribution in [-0.2, 0) is 4.79 Å².